The Bertz CT molecular complexity index is 466. The molecule has 0 unspecified atom stereocenters. The van der Waals surface area contributed by atoms with Crippen molar-refractivity contribution in [1.82, 2.24) is 8.61 Å². The normalized spacial score (nSPS) is 29.0. The summed E-state index contributed by atoms with van der Waals surface area (Å²) in [5.41, 5.74) is 0. The zero-order valence-corrected chi connectivity index (χ0v) is 13.8. The maximum Gasteiger partial charge on any atom is 0.282 e. The Morgan fingerprint density at radius 3 is 2.81 bits per heavy atom. The third-order valence-electron chi connectivity index (χ3n) is 4.41. The van der Waals surface area contributed by atoms with Gasteiger partial charge in [-0.05, 0) is 19.3 Å². The van der Waals surface area contributed by atoms with Crippen molar-refractivity contribution in [3.63, 3.8) is 0 Å². The van der Waals surface area contributed by atoms with Gasteiger partial charge < -0.3 is 4.74 Å². The number of carbonyl (C=O) groups excluding carboxylic acids is 1. The third-order valence-corrected chi connectivity index (χ3v) is 6.43. The molecule has 1 aliphatic carbocycles. The van der Waals surface area contributed by atoms with Crippen LogP contribution in [0.1, 0.15) is 39.0 Å². The third kappa shape index (κ3) is 3.64. The van der Waals surface area contributed by atoms with Crippen molar-refractivity contribution < 1.29 is 17.9 Å². The molecule has 122 valence electrons. The lowest BCUT2D eigenvalue weighted by molar-refractivity contribution is -0.128. The zero-order chi connectivity index (χ0) is 15.5. The van der Waals surface area contributed by atoms with Crippen LogP contribution in [-0.4, -0.2) is 62.2 Å². The molecule has 6 nitrogen and oxygen atoms in total. The van der Waals surface area contributed by atoms with Gasteiger partial charge in [-0.2, -0.15) is 17.0 Å². The second kappa shape index (κ2) is 7.17. The van der Waals surface area contributed by atoms with Gasteiger partial charge in [0.15, 0.2) is 0 Å². The molecule has 2 fully saturated rings. The van der Waals surface area contributed by atoms with E-state index in [2.05, 4.69) is 0 Å². The van der Waals surface area contributed by atoms with Gasteiger partial charge in [0.2, 0.25) is 0 Å². The molecule has 2 atom stereocenters. The van der Waals surface area contributed by atoms with E-state index >= 15 is 0 Å². The van der Waals surface area contributed by atoms with Crippen LogP contribution in [0, 0.1) is 5.92 Å². The fourth-order valence-corrected chi connectivity index (χ4v) is 4.86. The SMILES string of the molecule is CCCN(C)S(=O)(=O)N1CCOC[C@H]1[C@H]1CCCCC1=O. The monoisotopic (exact) mass is 318 g/mol. The van der Waals surface area contributed by atoms with E-state index in [4.69, 9.17) is 4.74 Å². The minimum atomic E-state index is -3.51. The van der Waals surface area contributed by atoms with Crippen LogP contribution < -0.4 is 0 Å². The molecule has 0 aromatic rings. The standard InChI is InChI=1S/C14H26N2O4S/c1-3-8-15(2)21(18,19)16-9-10-20-11-13(16)12-6-4-5-7-14(12)17/h12-13H,3-11H2,1-2H3/t12-,13+/m1/s1. The first-order valence-electron chi connectivity index (χ1n) is 7.82. The van der Waals surface area contributed by atoms with Crippen LogP contribution in [0.15, 0.2) is 0 Å². The molecule has 2 aliphatic rings. The van der Waals surface area contributed by atoms with Crippen LogP contribution in [0.3, 0.4) is 0 Å². The van der Waals surface area contributed by atoms with Gasteiger partial charge in [-0.3, -0.25) is 4.79 Å². The topological polar surface area (TPSA) is 66.9 Å². The minimum Gasteiger partial charge on any atom is -0.378 e. The summed E-state index contributed by atoms with van der Waals surface area (Å²) in [5, 5.41) is 0. The highest BCUT2D eigenvalue weighted by atomic mass is 32.2. The van der Waals surface area contributed by atoms with Crippen molar-refractivity contribution in [3.8, 4) is 0 Å². The molecule has 1 aliphatic heterocycles. The molecule has 0 aromatic heterocycles. The maximum absolute atomic E-state index is 12.7. The molecule has 0 N–H and O–H groups in total. The lowest BCUT2D eigenvalue weighted by Crippen LogP contribution is -2.57. The molecular formula is C14H26N2O4S. The number of hydrogen-bond acceptors (Lipinski definition) is 4. The van der Waals surface area contributed by atoms with E-state index in [1.807, 2.05) is 6.92 Å². The Hall–Kier alpha value is -0.500. The molecule has 0 spiro atoms. The number of carbonyl (C=O) groups is 1. The first-order chi connectivity index (χ1) is 9.98. The van der Waals surface area contributed by atoms with Gasteiger partial charge in [-0.25, -0.2) is 0 Å². The molecular weight excluding hydrogens is 292 g/mol. The number of ether oxygens (including phenoxy) is 1. The summed E-state index contributed by atoms with van der Waals surface area (Å²) in [7, 11) is -1.91. The molecule has 0 radical (unpaired) electrons. The second-order valence-corrected chi connectivity index (χ2v) is 7.89. The van der Waals surface area contributed by atoms with Crippen molar-refractivity contribution in [3.05, 3.63) is 0 Å². The van der Waals surface area contributed by atoms with Gasteiger partial charge in [-0.15, -0.1) is 0 Å². The number of ketones is 1. The van der Waals surface area contributed by atoms with E-state index in [0.29, 0.717) is 32.7 Å². The van der Waals surface area contributed by atoms with Crippen molar-refractivity contribution in [2.45, 2.75) is 45.1 Å². The van der Waals surface area contributed by atoms with Gasteiger partial charge >= 0.3 is 0 Å². The minimum absolute atomic E-state index is 0.190. The zero-order valence-electron chi connectivity index (χ0n) is 13.0. The van der Waals surface area contributed by atoms with Gasteiger partial charge in [0.05, 0.1) is 19.3 Å². The predicted molar refractivity (Wildman–Crippen MR) is 80.1 cm³/mol. The van der Waals surface area contributed by atoms with E-state index in [1.54, 1.807) is 7.05 Å². The Morgan fingerprint density at radius 2 is 2.14 bits per heavy atom. The van der Waals surface area contributed by atoms with Crippen molar-refractivity contribution >= 4 is 16.0 Å². The van der Waals surface area contributed by atoms with E-state index in [9.17, 15) is 13.2 Å². The summed E-state index contributed by atoms with van der Waals surface area (Å²) in [6.45, 7) is 3.51. The number of rotatable bonds is 5. The van der Waals surface area contributed by atoms with Crippen LogP contribution in [0.5, 0.6) is 0 Å². The van der Waals surface area contributed by atoms with E-state index in [-0.39, 0.29) is 17.7 Å². The Morgan fingerprint density at radius 1 is 1.38 bits per heavy atom. The molecule has 2 rings (SSSR count). The van der Waals surface area contributed by atoms with E-state index < -0.39 is 10.2 Å². The highest BCUT2D eigenvalue weighted by Crippen LogP contribution is 2.30. The van der Waals surface area contributed by atoms with Crippen LogP contribution in [0.2, 0.25) is 0 Å². The van der Waals surface area contributed by atoms with Crippen LogP contribution in [0.4, 0.5) is 0 Å². The molecule has 21 heavy (non-hydrogen) atoms. The molecule has 1 heterocycles. The summed E-state index contributed by atoms with van der Waals surface area (Å²) >= 11 is 0. The fourth-order valence-electron chi connectivity index (χ4n) is 3.24. The van der Waals surface area contributed by atoms with Crippen LogP contribution in [-0.2, 0) is 19.7 Å². The van der Waals surface area contributed by atoms with Gasteiger partial charge in [0.25, 0.3) is 10.2 Å². The van der Waals surface area contributed by atoms with Crippen molar-refractivity contribution in [2.75, 3.05) is 33.4 Å². The lowest BCUT2D eigenvalue weighted by atomic mass is 9.82. The Balaban J connectivity index is 2.20. The summed E-state index contributed by atoms with van der Waals surface area (Å²) in [4.78, 5) is 12.2. The average molecular weight is 318 g/mol. The van der Waals surface area contributed by atoms with E-state index in [1.165, 1.54) is 8.61 Å². The fraction of sp³-hybridized carbons (Fsp3) is 0.929. The molecule has 1 saturated carbocycles. The first-order valence-corrected chi connectivity index (χ1v) is 9.21. The summed E-state index contributed by atoms with van der Waals surface area (Å²) < 4.78 is 33.8. The largest absolute Gasteiger partial charge is 0.378 e. The highest BCUT2D eigenvalue weighted by Gasteiger charge is 2.42. The Kier molecular flexibility index (Phi) is 5.76. The number of hydrogen-bond donors (Lipinski definition) is 0. The van der Waals surface area contributed by atoms with Crippen LogP contribution >= 0.6 is 0 Å². The van der Waals surface area contributed by atoms with Crippen molar-refractivity contribution in [2.24, 2.45) is 5.92 Å². The molecule has 0 aromatic carbocycles. The molecule has 7 heteroatoms. The lowest BCUT2D eigenvalue weighted by Gasteiger charge is -2.41. The number of nitrogens with zero attached hydrogens (tertiary/aromatic N) is 2. The van der Waals surface area contributed by atoms with Crippen molar-refractivity contribution in [1.29, 1.82) is 0 Å². The average Bonchev–Trinajstić information content (AvgIpc) is 2.48. The van der Waals surface area contributed by atoms with Gasteiger partial charge in [-0.1, -0.05) is 13.3 Å². The number of morpholine rings is 1. The van der Waals surface area contributed by atoms with Gasteiger partial charge in [0.1, 0.15) is 5.78 Å². The summed E-state index contributed by atoms with van der Waals surface area (Å²) in [6, 6.07) is -0.337. The molecule has 0 amide bonds. The van der Waals surface area contributed by atoms with E-state index in [0.717, 1.165) is 25.7 Å². The molecule has 1 saturated heterocycles. The quantitative estimate of drug-likeness (QED) is 0.759. The molecule has 0 bridgehead atoms. The number of Topliss-reactive ketones (excluding diaryl/α,β-unsaturated/α-hetero) is 1. The Labute approximate surface area is 127 Å². The summed E-state index contributed by atoms with van der Waals surface area (Å²) in [6.07, 6.45) is 4.03. The van der Waals surface area contributed by atoms with Gasteiger partial charge in [0, 0.05) is 32.5 Å². The maximum atomic E-state index is 12.7. The second-order valence-electron chi connectivity index (χ2n) is 5.90. The first kappa shape index (κ1) is 16.9. The van der Waals surface area contributed by atoms with Crippen LogP contribution in [0.25, 0.3) is 0 Å². The summed E-state index contributed by atoms with van der Waals surface area (Å²) in [5.74, 6) is -0.0149. The smallest absolute Gasteiger partial charge is 0.282 e. The highest BCUT2D eigenvalue weighted by molar-refractivity contribution is 7.86. The predicted octanol–water partition coefficient (Wildman–Crippen LogP) is 1.03.